The molecular weight excluding hydrogens is 280 g/mol. The maximum Gasteiger partial charge on any atom is 0.266 e. The molecule has 0 saturated carbocycles. The van der Waals surface area contributed by atoms with Gasteiger partial charge in [-0.05, 0) is 40.9 Å². The second kappa shape index (κ2) is 6.43. The van der Waals surface area contributed by atoms with Gasteiger partial charge in [0.1, 0.15) is 0 Å². The number of benzene rings is 3. The van der Waals surface area contributed by atoms with Gasteiger partial charge in [-0.25, -0.2) is 0 Å². The Hall–Kier alpha value is -2.30. The van der Waals surface area contributed by atoms with E-state index in [9.17, 15) is 4.79 Å². The normalized spacial score (nSPS) is 10.5. The molecule has 21 heavy (non-hydrogen) atoms. The minimum Gasteiger partial charge on any atom is -0.277 e. The summed E-state index contributed by atoms with van der Waals surface area (Å²) in [6, 6.07) is 23.4. The van der Waals surface area contributed by atoms with Crippen molar-refractivity contribution in [3.05, 3.63) is 78.4 Å². The topological polar surface area (TPSA) is 41.1 Å². The van der Waals surface area contributed by atoms with Crippen LogP contribution in [0.25, 0.3) is 10.8 Å². The lowest BCUT2D eigenvalue weighted by atomic mass is 10.0. The van der Waals surface area contributed by atoms with E-state index in [0.29, 0.717) is 5.56 Å². The van der Waals surface area contributed by atoms with Crippen molar-refractivity contribution in [3.8, 4) is 0 Å². The summed E-state index contributed by atoms with van der Waals surface area (Å²) < 4.78 is 0. The van der Waals surface area contributed by atoms with Gasteiger partial charge in [0.2, 0.25) is 0 Å². The quantitative estimate of drug-likeness (QED) is 0.568. The van der Waals surface area contributed by atoms with Crippen LogP contribution in [0.1, 0.15) is 10.4 Å². The Kier molecular flexibility index (Phi) is 4.19. The van der Waals surface area contributed by atoms with Crippen molar-refractivity contribution in [3.63, 3.8) is 0 Å². The summed E-state index contributed by atoms with van der Waals surface area (Å²) >= 11 is 1.37. The number of hydrogen-bond donors (Lipinski definition) is 2. The molecule has 4 heteroatoms. The zero-order valence-electron chi connectivity index (χ0n) is 11.2. The van der Waals surface area contributed by atoms with Crippen molar-refractivity contribution in [1.29, 1.82) is 0 Å². The van der Waals surface area contributed by atoms with E-state index < -0.39 is 0 Å². The third-order valence-corrected chi connectivity index (χ3v) is 3.82. The van der Waals surface area contributed by atoms with Gasteiger partial charge in [0, 0.05) is 10.5 Å². The highest BCUT2D eigenvalue weighted by atomic mass is 32.2. The second-order valence-electron chi connectivity index (χ2n) is 4.50. The van der Waals surface area contributed by atoms with Crippen molar-refractivity contribution >= 4 is 28.6 Å². The molecular formula is C17H14N2OS. The first kappa shape index (κ1) is 13.7. The Morgan fingerprint density at radius 3 is 2.38 bits per heavy atom. The van der Waals surface area contributed by atoms with E-state index in [0.717, 1.165) is 15.7 Å². The second-order valence-corrected chi connectivity index (χ2v) is 5.38. The Morgan fingerprint density at radius 2 is 1.52 bits per heavy atom. The Bertz CT molecular complexity index is 754. The Labute approximate surface area is 127 Å². The Morgan fingerprint density at radius 1 is 0.810 bits per heavy atom. The van der Waals surface area contributed by atoms with Crippen molar-refractivity contribution in [2.45, 2.75) is 4.90 Å². The van der Waals surface area contributed by atoms with Crippen LogP contribution in [-0.4, -0.2) is 5.91 Å². The first-order valence-electron chi connectivity index (χ1n) is 6.59. The highest BCUT2D eigenvalue weighted by Gasteiger charge is 2.08. The molecule has 0 unspecified atom stereocenters. The van der Waals surface area contributed by atoms with Crippen LogP contribution in [0.15, 0.2) is 77.7 Å². The zero-order valence-corrected chi connectivity index (χ0v) is 12.1. The molecule has 0 heterocycles. The third kappa shape index (κ3) is 3.24. The molecule has 0 aliphatic carbocycles. The number of nitrogens with one attached hydrogen (secondary N) is 2. The van der Waals surface area contributed by atoms with E-state index in [2.05, 4.69) is 10.3 Å². The van der Waals surface area contributed by atoms with Crippen LogP contribution in [-0.2, 0) is 0 Å². The molecule has 0 bridgehead atoms. The summed E-state index contributed by atoms with van der Waals surface area (Å²) in [5.41, 5.74) is 3.37. The highest BCUT2D eigenvalue weighted by Crippen LogP contribution is 2.18. The summed E-state index contributed by atoms with van der Waals surface area (Å²) in [6.45, 7) is 0. The van der Waals surface area contributed by atoms with Crippen LogP contribution in [0, 0.1) is 0 Å². The van der Waals surface area contributed by atoms with E-state index in [4.69, 9.17) is 0 Å². The summed E-state index contributed by atoms with van der Waals surface area (Å²) in [5.74, 6) is -0.143. The Balaban J connectivity index is 1.70. The molecule has 3 rings (SSSR count). The van der Waals surface area contributed by atoms with E-state index in [1.54, 1.807) is 0 Å². The van der Waals surface area contributed by atoms with Crippen molar-refractivity contribution in [2.75, 3.05) is 0 Å². The molecule has 0 saturated heterocycles. The molecule has 0 aliphatic heterocycles. The van der Waals surface area contributed by atoms with Gasteiger partial charge in [0.15, 0.2) is 0 Å². The van der Waals surface area contributed by atoms with E-state index in [-0.39, 0.29) is 5.91 Å². The number of carbonyl (C=O) groups excluding carboxylic acids is 1. The van der Waals surface area contributed by atoms with Gasteiger partial charge in [0.05, 0.1) is 0 Å². The summed E-state index contributed by atoms with van der Waals surface area (Å²) in [6.07, 6.45) is 0. The zero-order chi connectivity index (χ0) is 14.5. The predicted molar refractivity (Wildman–Crippen MR) is 86.8 cm³/mol. The average molecular weight is 294 g/mol. The van der Waals surface area contributed by atoms with Crippen LogP contribution >= 0.6 is 11.9 Å². The molecule has 0 radical (unpaired) electrons. The van der Waals surface area contributed by atoms with E-state index in [1.165, 1.54) is 11.9 Å². The van der Waals surface area contributed by atoms with Gasteiger partial charge >= 0.3 is 0 Å². The highest BCUT2D eigenvalue weighted by molar-refractivity contribution is 7.97. The fourth-order valence-electron chi connectivity index (χ4n) is 2.11. The van der Waals surface area contributed by atoms with Crippen LogP contribution in [0.4, 0.5) is 0 Å². The molecule has 0 aromatic heterocycles. The van der Waals surface area contributed by atoms with Gasteiger partial charge in [-0.1, -0.05) is 54.6 Å². The van der Waals surface area contributed by atoms with Crippen LogP contribution < -0.4 is 10.3 Å². The fourth-order valence-corrected chi connectivity index (χ4v) is 2.66. The predicted octanol–water partition coefficient (Wildman–Crippen LogP) is 3.78. The van der Waals surface area contributed by atoms with E-state index >= 15 is 0 Å². The molecule has 1 amide bonds. The lowest BCUT2D eigenvalue weighted by Gasteiger charge is -2.08. The molecule has 3 aromatic rings. The van der Waals surface area contributed by atoms with Crippen LogP contribution in [0.2, 0.25) is 0 Å². The van der Waals surface area contributed by atoms with Gasteiger partial charge in [-0.3, -0.25) is 10.2 Å². The van der Waals surface area contributed by atoms with Gasteiger partial charge in [-0.15, -0.1) is 0 Å². The molecule has 0 atom stereocenters. The minimum atomic E-state index is -0.143. The SMILES string of the molecule is O=C(NNSc1ccccc1)c1cccc2ccccc12. The number of fused-ring (bicyclic) bond motifs is 1. The van der Waals surface area contributed by atoms with Crippen LogP contribution in [0.3, 0.4) is 0 Å². The minimum absolute atomic E-state index is 0.143. The number of hydrogen-bond acceptors (Lipinski definition) is 3. The smallest absolute Gasteiger partial charge is 0.266 e. The molecule has 104 valence electrons. The van der Waals surface area contributed by atoms with Crippen LogP contribution in [0.5, 0.6) is 0 Å². The molecule has 0 fully saturated rings. The largest absolute Gasteiger partial charge is 0.277 e. The summed E-state index contributed by atoms with van der Waals surface area (Å²) in [5, 5.41) is 2.00. The average Bonchev–Trinajstić information content (AvgIpc) is 2.55. The van der Waals surface area contributed by atoms with Crippen molar-refractivity contribution in [1.82, 2.24) is 10.3 Å². The maximum absolute atomic E-state index is 12.3. The van der Waals surface area contributed by atoms with Crippen molar-refractivity contribution < 1.29 is 4.79 Å². The van der Waals surface area contributed by atoms with Gasteiger partial charge < -0.3 is 0 Å². The first-order chi connectivity index (χ1) is 10.3. The van der Waals surface area contributed by atoms with Gasteiger partial charge in [-0.2, -0.15) is 4.83 Å². The maximum atomic E-state index is 12.3. The standard InChI is InChI=1S/C17H14N2OS/c20-17(18-19-21-14-9-2-1-3-10-14)16-12-6-8-13-7-4-5-11-15(13)16/h1-12,19H,(H,18,20). The lowest BCUT2D eigenvalue weighted by Crippen LogP contribution is -2.32. The van der Waals surface area contributed by atoms with Crippen molar-refractivity contribution in [2.24, 2.45) is 0 Å². The number of hydrazine groups is 1. The number of amides is 1. The molecule has 0 aliphatic rings. The molecule has 3 aromatic carbocycles. The van der Waals surface area contributed by atoms with Gasteiger partial charge in [0.25, 0.3) is 5.91 Å². The lowest BCUT2D eigenvalue weighted by molar-refractivity contribution is 0.0948. The number of rotatable bonds is 4. The van der Waals surface area contributed by atoms with E-state index in [1.807, 2.05) is 72.8 Å². The first-order valence-corrected chi connectivity index (χ1v) is 7.41. The number of carbonyl (C=O) groups is 1. The monoisotopic (exact) mass is 294 g/mol. The molecule has 0 spiro atoms. The summed E-state index contributed by atoms with van der Waals surface area (Å²) in [4.78, 5) is 16.2. The molecule has 2 N–H and O–H groups in total. The molecule has 3 nitrogen and oxygen atoms in total. The summed E-state index contributed by atoms with van der Waals surface area (Å²) in [7, 11) is 0. The fraction of sp³-hybridized carbons (Fsp3) is 0. The third-order valence-electron chi connectivity index (χ3n) is 3.11.